The number of fused-ring (bicyclic) bond motifs is 1. The fourth-order valence-corrected chi connectivity index (χ4v) is 4.49. The number of rotatable bonds is 5. The third-order valence-corrected chi connectivity index (χ3v) is 5.86. The standard InChI is InChI=1S/C21H28N6O2/c1-4-13-17-14(9-21(2,3)10-15(17)28)27(26-13)16-11-23-18(19(22)29)20(25-16)24-12-7-5-6-8-12/h11-12H,4-10H2,1-3H3,(H2,22,29)(H,24,25). The first-order valence-corrected chi connectivity index (χ1v) is 10.4. The molecule has 29 heavy (non-hydrogen) atoms. The second-order valence-corrected chi connectivity index (χ2v) is 8.89. The number of nitrogens with one attached hydrogen (secondary N) is 1. The van der Waals surface area contributed by atoms with E-state index in [0.29, 0.717) is 24.5 Å². The number of hydrogen-bond donors (Lipinski definition) is 2. The molecule has 3 N–H and O–H groups in total. The third kappa shape index (κ3) is 3.63. The molecule has 4 rings (SSSR count). The zero-order valence-electron chi connectivity index (χ0n) is 17.3. The minimum Gasteiger partial charge on any atom is -0.365 e. The van der Waals surface area contributed by atoms with E-state index in [4.69, 9.17) is 10.8 Å². The molecule has 0 atom stereocenters. The number of amides is 1. The molecule has 154 valence electrons. The number of ketones is 1. The van der Waals surface area contributed by atoms with Crippen molar-refractivity contribution in [2.75, 3.05) is 5.32 Å². The van der Waals surface area contributed by atoms with E-state index in [-0.39, 0.29) is 22.9 Å². The highest BCUT2D eigenvalue weighted by Gasteiger charge is 2.36. The van der Waals surface area contributed by atoms with Crippen LogP contribution in [0.15, 0.2) is 6.20 Å². The average Bonchev–Trinajstić information content (AvgIpc) is 3.28. The summed E-state index contributed by atoms with van der Waals surface area (Å²) in [4.78, 5) is 33.6. The van der Waals surface area contributed by atoms with E-state index in [2.05, 4.69) is 29.1 Å². The molecule has 0 radical (unpaired) electrons. The topological polar surface area (TPSA) is 116 Å². The van der Waals surface area contributed by atoms with Gasteiger partial charge < -0.3 is 11.1 Å². The van der Waals surface area contributed by atoms with Crippen molar-refractivity contribution >= 4 is 17.5 Å². The van der Waals surface area contributed by atoms with Gasteiger partial charge in [-0.05, 0) is 31.1 Å². The first kappa shape index (κ1) is 19.5. The lowest BCUT2D eigenvalue weighted by atomic mass is 9.75. The van der Waals surface area contributed by atoms with Crippen molar-refractivity contribution in [1.29, 1.82) is 0 Å². The van der Waals surface area contributed by atoms with Gasteiger partial charge in [0.25, 0.3) is 5.91 Å². The number of primary amides is 1. The smallest absolute Gasteiger partial charge is 0.271 e. The number of carbonyl (C=O) groups excluding carboxylic acids is 2. The number of Topliss-reactive ketones (excluding diaryl/α,β-unsaturated/α-hetero) is 1. The highest BCUT2D eigenvalue weighted by molar-refractivity contribution is 6.00. The van der Waals surface area contributed by atoms with Crippen molar-refractivity contribution in [3.63, 3.8) is 0 Å². The maximum atomic E-state index is 12.8. The summed E-state index contributed by atoms with van der Waals surface area (Å²) in [5, 5.41) is 8.04. The van der Waals surface area contributed by atoms with E-state index in [1.807, 2.05) is 6.92 Å². The van der Waals surface area contributed by atoms with Crippen molar-refractivity contribution < 1.29 is 9.59 Å². The normalized spacial score (nSPS) is 18.7. The van der Waals surface area contributed by atoms with Crippen LogP contribution in [-0.4, -0.2) is 37.5 Å². The maximum absolute atomic E-state index is 12.8. The summed E-state index contributed by atoms with van der Waals surface area (Å²) in [5.74, 6) is 0.408. The highest BCUT2D eigenvalue weighted by Crippen LogP contribution is 2.37. The molecule has 2 aromatic heterocycles. The van der Waals surface area contributed by atoms with Crippen LogP contribution in [0.1, 0.15) is 85.1 Å². The number of nitrogens with zero attached hydrogens (tertiary/aromatic N) is 4. The summed E-state index contributed by atoms with van der Waals surface area (Å²) in [5.41, 5.74) is 7.89. The number of carbonyl (C=O) groups is 2. The molecule has 1 amide bonds. The van der Waals surface area contributed by atoms with Gasteiger partial charge in [-0.15, -0.1) is 0 Å². The van der Waals surface area contributed by atoms with Gasteiger partial charge in [0.1, 0.15) is 0 Å². The minimum atomic E-state index is -0.613. The second kappa shape index (κ2) is 7.24. The van der Waals surface area contributed by atoms with Gasteiger partial charge in [0, 0.05) is 12.5 Å². The number of aryl methyl sites for hydroxylation is 1. The lowest BCUT2D eigenvalue weighted by Crippen LogP contribution is -2.28. The molecule has 0 spiro atoms. The third-order valence-electron chi connectivity index (χ3n) is 5.86. The lowest BCUT2D eigenvalue weighted by Gasteiger charge is -2.29. The molecule has 0 unspecified atom stereocenters. The molecule has 0 saturated heterocycles. The summed E-state index contributed by atoms with van der Waals surface area (Å²) in [6.07, 6.45) is 7.79. The molecule has 1 saturated carbocycles. The van der Waals surface area contributed by atoms with Crippen LogP contribution in [0.5, 0.6) is 0 Å². The maximum Gasteiger partial charge on any atom is 0.271 e. The molecule has 0 bridgehead atoms. The first-order valence-electron chi connectivity index (χ1n) is 10.4. The molecular formula is C21H28N6O2. The summed E-state index contributed by atoms with van der Waals surface area (Å²) < 4.78 is 1.73. The number of hydrogen-bond acceptors (Lipinski definition) is 6. The molecular weight excluding hydrogens is 368 g/mol. The van der Waals surface area contributed by atoms with E-state index in [1.165, 1.54) is 6.20 Å². The van der Waals surface area contributed by atoms with Gasteiger partial charge >= 0.3 is 0 Å². The predicted molar refractivity (Wildman–Crippen MR) is 109 cm³/mol. The molecule has 2 aliphatic carbocycles. The Labute approximate surface area is 170 Å². The Bertz CT molecular complexity index is 972. The van der Waals surface area contributed by atoms with Crippen LogP contribution in [0.4, 0.5) is 5.82 Å². The van der Waals surface area contributed by atoms with Gasteiger partial charge in [0.05, 0.1) is 23.1 Å². The van der Waals surface area contributed by atoms with E-state index in [9.17, 15) is 9.59 Å². The van der Waals surface area contributed by atoms with E-state index in [1.54, 1.807) is 4.68 Å². The summed E-state index contributed by atoms with van der Waals surface area (Å²) >= 11 is 0. The molecule has 0 aromatic carbocycles. The van der Waals surface area contributed by atoms with Gasteiger partial charge in [-0.25, -0.2) is 14.6 Å². The monoisotopic (exact) mass is 396 g/mol. The Kier molecular flexibility index (Phi) is 4.88. The van der Waals surface area contributed by atoms with Crippen molar-refractivity contribution in [3.8, 4) is 5.82 Å². The van der Waals surface area contributed by atoms with Crippen LogP contribution in [0.25, 0.3) is 5.82 Å². The zero-order chi connectivity index (χ0) is 20.8. The van der Waals surface area contributed by atoms with Gasteiger partial charge in [0.2, 0.25) is 0 Å². The van der Waals surface area contributed by atoms with Crippen LogP contribution < -0.4 is 11.1 Å². The predicted octanol–water partition coefficient (Wildman–Crippen LogP) is 2.83. The van der Waals surface area contributed by atoms with E-state index in [0.717, 1.165) is 49.1 Å². The van der Waals surface area contributed by atoms with Crippen molar-refractivity contribution in [2.24, 2.45) is 11.1 Å². The van der Waals surface area contributed by atoms with Gasteiger partial charge in [-0.1, -0.05) is 33.6 Å². The summed E-state index contributed by atoms with van der Waals surface area (Å²) in [6.45, 7) is 6.17. The molecule has 8 nitrogen and oxygen atoms in total. The van der Waals surface area contributed by atoms with Crippen LogP contribution >= 0.6 is 0 Å². The Hall–Kier alpha value is -2.77. The lowest BCUT2D eigenvalue weighted by molar-refractivity contribution is 0.0909. The fraction of sp³-hybridized carbons (Fsp3) is 0.571. The van der Waals surface area contributed by atoms with Gasteiger partial charge in [-0.2, -0.15) is 5.10 Å². The number of aromatic nitrogens is 4. The molecule has 1 fully saturated rings. The first-order chi connectivity index (χ1) is 13.8. The average molecular weight is 396 g/mol. The second-order valence-electron chi connectivity index (χ2n) is 8.89. The van der Waals surface area contributed by atoms with Crippen LogP contribution in [0, 0.1) is 5.41 Å². The Morgan fingerprint density at radius 3 is 2.69 bits per heavy atom. The molecule has 0 aliphatic heterocycles. The van der Waals surface area contributed by atoms with Crippen LogP contribution in [0.2, 0.25) is 0 Å². The highest BCUT2D eigenvalue weighted by atomic mass is 16.1. The van der Waals surface area contributed by atoms with Crippen molar-refractivity contribution in [1.82, 2.24) is 19.7 Å². The van der Waals surface area contributed by atoms with E-state index < -0.39 is 5.91 Å². The Balaban J connectivity index is 1.81. The Morgan fingerprint density at radius 2 is 2.03 bits per heavy atom. The van der Waals surface area contributed by atoms with Gasteiger partial charge in [0.15, 0.2) is 23.1 Å². The zero-order valence-corrected chi connectivity index (χ0v) is 17.3. The molecule has 2 aliphatic rings. The number of nitrogens with two attached hydrogens (primary N) is 1. The van der Waals surface area contributed by atoms with Crippen LogP contribution in [0.3, 0.4) is 0 Å². The largest absolute Gasteiger partial charge is 0.365 e. The molecule has 2 aromatic rings. The minimum absolute atomic E-state index is 0.130. The summed E-state index contributed by atoms with van der Waals surface area (Å²) in [6, 6.07) is 0.260. The SMILES string of the molecule is CCc1nn(-c2cnc(C(N)=O)c(NC3CCCC3)n2)c2c1C(=O)CC(C)(C)C2. The summed E-state index contributed by atoms with van der Waals surface area (Å²) in [7, 11) is 0. The van der Waals surface area contributed by atoms with Crippen molar-refractivity contribution in [3.05, 3.63) is 28.8 Å². The fourth-order valence-electron chi connectivity index (χ4n) is 4.49. The van der Waals surface area contributed by atoms with E-state index >= 15 is 0 Å². The van der Waals surface area contributed by atoms with Crippen molar-refractivity contribution in [2.45, 2.75) is 71.8 Å². The van der Waals surface area contributed by atoms with Gasteiger partial charge in [-0.3, -0.25) is 9.59 Å². The molecule has 2 heterocycles. The van der Waals surface area contributed by atoms with Crippen LogP contribution in [-0.2, 0) is 12.8 Å². The number of anilines is 1. The quantitative estimate of drug-likeness (QED) is 0.803. The molecule has 8 heteroatoms. The Morgan fingerprint density at radius 1 is 1.31 bits per heavy atom.